The summed E-state index contributed by atoms with van der Waals surface area (Å²) in [4.78, 5) is 12.1. The fraction of sp³-hybridized carbons (Fsp3) is 0.286. The third-order valence-corrected chi connectivity index (χ3v) is 2.63. The zero-order valence-electron chi connectivity index (χ0n) is 12.1. The minimum Gasteiger partial charge on any atom is -0.479 e. The average molecular weight is 289 g/mol. The first kappa shape index (κ1) is 14.8. The molecule has 0 aliphatic carbocycles. The maximum atomic E-state index is 13.2. The lowest BCUT2D eigenvalue weighted by molar-refractivity contribution is 0.367. The van der Waals surface area contributed by atoms with Crippen molar-refractivity contribution in [2.75, 3.05) is 13.7 Å². The van der Waals surface area contributed by atoms with Crippen LogP contribution in [0.3, 0.4) is 0 Å². The molecule has 0 atom stereocenters. The molecular formula is C14H16FN5O. The minimum atomic E-state index is -0.603. The Morgan fingerprint density at radius 2 is 2.14 bits per heavy atom. The number of ether oxygens (including phenoxy) is 1. The number of aromatic nitrogens is 4. The number of H-pyrrole nitrogens is 1. The molecule has 0 unspecified atom stereocenters. The molecule has 0 radical (unpaired) electrons. The van der Waals surface area contributed by atoms with Gasteiger partial charge in [0.1, 0.15) is 11.4 Å². The van der Waals surface area contributed by atoms with Gasteiger partial charge < -0.3 is 4.74 Å². The van der Waals surface area contributed by atoms with Crippen LogP contribution in [-0.4, -0.2) is 39.5 Å². The van der Waals surface area contributed by atoms with Crippen LogP contribution in [-0.2, 0) is 0 Å². The van der Waals surface area contributed by atoms with E-state index >= 15 is 0 Å². The van der Waals surface area contributed by atoms with E-state index in [2.05, 4.69) is 25.2 Å². The first-order chi connectivity index (χ1) is 10.3. The molecule has 0 saturated carbocycles. The lowest BCUT2D eigenvalue weighted by atomic mass is 10.2. The Morgan fingerprint density at radius 1 is 1.33 bits per heavy atom. The number of nitrogens with zero attached hydrogens (tertiary/aromatic N) is 4. The summed E-state index contributed by atoms with van der Waals surface area (Å²) in [6.07, 6.45) is 4.90. The van der Waals surface area contributed by atoms with Crippen LogP contribution in [0.2, 0.25) is 0 Å². The number of hydrogen-bond acceptors (Lipinski definition) is 5. The normalized spacial score (nSPS) is 12.7. The molecule has 1 aliphatic heterocycles. The van der Waals surface area contributed by atoms with Gasteiger partial charge in [-0.2, -0.15) is 14.5 Å². The highest BCUT2D eigenvalue weighted by atomic mass is 19.1. The molecule has 6 nitrogen and oxygen atoms in total. The van der Waals surface area contributed by atoms with Crippen LogP contribution >= 0.6 is 0 Å². The summed E-state index contributed by atoms with van der Waals surface area (Å²) in [6.45, 7) is 4.67. The number of hydrogen-bond donors (Lipinski definition) is 1. The number of aliphatic imine (C=N–C) groups is 1. The molecule has 110 valence electrons. The van der Waals surface area contributed by atoms with Crippen molar-refractivity contribution < 1.29 is 9.13 Å². The molecule has 0 aromatic carbocycles. The van der Waals surface area contributed by atoms with Crippen molar-refractivity contribution in [3.63, 3.8) is 0 Å². The lowest BCUT2D eigenvalue weighted by Crippen LogP contribution is -1.97. The Morgan fingerprint density at radius 3 is 2.81 bits per heavy atom. The standard InChI is InChI=1S/C12H10FN5O.C2H6/c1-19-12-7(13)6-15-11(16-12)10-5-9(17-18-10)8-3-2-4-14-8;1-2/h2-3,5-6H,4H2,1H3,(H,17,18);1-2H3. The van der Waals surface area contributed by atoms with Gasteiger partial charge in [-0.25, -0.2) is 4.98 Å². The highest BCUT2D eigenvalue weighted by molar-refractivity contribution is 6.08. The maximum absolute atomic E-state index is 13.2. The molecule has 0 spiro atoms. The van der Waals surface area contributed by atoms with E-state index in [9.17, 15) is 4.39 Å². The van der Waals surface area contributed by atoms with E-state index in [1.807, 2.05) is 26.0 Å². The predicted molar refractivity (Wildman–Crippen MR) is 78.0 cm³/mol. The summed E-state index contributed by atoms with van der Waals surface area (Å²) in [5.41, 5.74) is 2.09. The first-order valence-electron chi connectivity index (χ1n) is 6.61. The summed E-state index contributed by atoms with van der Waals surface area (Å²) in [6, 6.07) is 1.77. The van der Waals surface area contributed by atoms with Crippen LogP contribution in [0.5, 0.6) is 5.88 Å². The van der Waals surface area contributed by atoms with E-state index in [1.54, 1.807) is 6.07 Å². The molecule has 21 heavy (non-hydrogen) atoms. The van der Waals surface area contributed by atoms with Crippen molar-refractivity contribution in [3.8, 4) is 17.4 Å². The molecule has 0 fully saturated rings. The van der Waals surface area contributed by atoms with Crippen LogP contribution in [0.4, 0.5) is 4.39 Å². The Kier molecular flexibility index (Phi) is 4.76. The van der Waals surface area contributed by atoms with Crippen molar-refractivity contribution in [3.05, 3.63) is 35.9 Å². The minimum absolute atomic E-state index is 0.0979. The molecule has 3 heterocycles. The number of methoxy groups -OCH3 is 1. The zero-order valence-corrected chi connectivity index (χ0v) is 12.1. The van der Waals surface area contributed by atoms with Gasteiger partial charge in [-0.05, 0) is 12.1 Å². The van der Waals surface area contributed by atoms with Gasteiger partial charge >= 0.3 is 0 Å². The second-order valence-electron chi connectivity index (χ2n) is 3.85. The molecule has 2 aromatic rings. The molecule has 1 aliphatic rings. The largest absolute Gasteiger partial charge is 0.479 e. The summed E-state index contributed by atoms with van der Waals surface area (Å²) in [7, 11) is 1.35. The summed E-state index contributed by atoms with van der Waals surface area (Å²) >= 11 is 0. The average Bonchev–Trinajstić information content (AvgIpc) is 3.21. The summed E-state index contributed by atoms with van der Waals surface area (Å²) < 4.78 is 18.1. The molecule has 1 N–H and O–H groups in total. The number of allylic oxidation sites excluding steroid dienone is 1. The van der Waals surface area contributed by atoms with E-state index in [1.165, 1.54) is 7.11 Å². The van der Waals surface area contributed by atoms with Crippen LogP contribution in [0.15, 0.2) is 29.4 Å². The van der Waals surface area contributed by atoms with Crippen LogP contribution < -0.4 is 4.74 Å². The quantitative estimate of drug-likeness (QED) is 0.941. The molecule has 7 heteroatoms. The zero-order chi connectivity index (χ0) is 15.2. The Balaban J connectivity index is 0.000000774. The van der Waals surface area contributed by atoms with Gasteiger partial charge in [-0.3, -0.25) is 10.1 Å². The maximum Gasteiger partial charge on any atom is 0.253 e. The number of rotatable bonds is 3. The Labute approximate surface area is 121 Å². The topological polar surface area (TPSA) is 76.1 Å². The van der Waals surface area contributed by atoms with Gasteiger partial charge in [0.25, 0.3) is 5.88 Å². The SMILES string of the molecule is CC.COc1nc(-c2cc(C3=NCC=C3)n[nH]2)ncc1F. The van der Waals surface area contributed by atoms with Crippen molar-refractivity contribution in [1.29, 1.82) is 0 Å². The van der Waals surface area contributed by atoms with E-state index in [-0.39, 0.29) is 5.88 Å². The van der Waals surface area contributed by atoms with Crippen LogP contribution in [0.25, 0.3) is 11.5 Å². The second kappa shape index (κ2) is 6.74. The predicted octanol–water partition coefficient (Wildman–Crippen LogP) is 2.40. The lowest BCUT2D eigenvalue weighted by Gasteiger charge is -2.01. The first-order valence-corrected chi connectivity index (χ1v) is 6.61. The van der Waals surface area contributed by atoms with E-state index in [0.29, 0.717) is 23.8 Å². The third kappa shape index (κ3) is 3.13. The highest BCUT2D eigenvalue weighted by Crippen LogP contribution is 2.19. The van der Waals surface area contributed by atoms with Crippen LogP contribution in [0.1, 0.15) is 19.5 Å². The molecular weight excluding hydrogens is 273 g/mol. The molecule has 2 aromatic heterocycles. The van der Waals surface area contributed by atoms with Crippen molar-refractivity contribution in [2.45, 2.75) is 13.8 Å². The number of nitrogens with one attached hydrogen (secondary N) is 1. The number of aromatic amines is 1. The van der Waals surface area contributed by atoms with Gasteiger partial charge in [-0.1, -0.05) is 19.9 Å². The Bertz CT molecular complexity index is 678. The fourth-order valence-corrected chi connectivity index (χ4v) is 1.73. The molecule has 0 bridgehead atoms. The van der Waals surface area contributed by atoms with Gasteiger partial charge in [0.15, 0.2) is 5.82 Å². The molecule has 0 amide bonds. The van der Waals surface area contributed by atoms with Gasteiger partial charge in [0, 0.05) is 0 Å². The molecule has 3 rings (SSSR count). The Hall–Kier alpha value is -2.57. The van der Waals surface area contributed by atoms with E-state index < -0.39 is 5.82 Å². The molecule has 0 saturated heterocycles. The van der Waals surface area contributed by atoms with Gasteiger partial charge in [0.2, 0.25) is 5.82 Å². The van der Waals surface area contributed by atoms with E-state index in [0.717, 1.165) is 11.9 Å². The third-order valence-electron chi connectivity index (χ3n) is 2.63. The summed E-state index contributed by atoms with van der Waals surface area (Å²) in [5.74, 6) is -0.382. The van der Waals surface area contributed by atoms with E-state index in [4.69, 9.17) is 4.74 Å². The van der Waals surface area contributed by atoms with Crippen LogP contribution in [0, 0.1) is 5.82 Å². The second-order valence-corrected chi connectivity index (χ2v) is 3.85. The number of halogens is 1. The van der Waals surface area contributed by atoms with Crippen molar-refractivity contribution >= 4 is 5.71 Å². The van der Waals surface area contributed by atoms with Gasteiger partial charge in [-0.15, -0.1) is 0 Å². The summed E-state index contributed by atoms with van der Waals surface area (Å²) in [5, 5.41) is 6.93. The van der Waals surface area contributed by atoms with Gasteiger partial charge in [0.05, 0.1) is 25.6 Å². The smallest absolute Gasteiger partial charge is 0.253 e. The van der Waals surface area contributed by atoms with Crippen molar-refractivity contribution in [2.24, 2.45) is 4.99 Å². The monoisotopic (exact) mass is 289 g/mol. The fourth-order valence-electron chi connectivity index (χ4n) is 1.73. The highest BCUT2D eigenvalue weighted by Gasteiger charge is 2.13. The van der Waals surface area contributed by atoms with Crippen molar-refractivity contribution in [1.82, 2.24) is 20.2 Å².